The Bertz CT molecular complexity index is 203. The predicted molar refractivity (Wildman–Crippen MR) is 54.2 cm³/mol. The summed E-state index contributed by atoms with van der Waals surface area (Å²) < 4.78 is 0. The second kappa shape index (κ2) is 4.30. The number of carboxylic acid groups (broad SMARTS) is 1. The van der Waals surface area contributed by atoms with Crippen molar-refractivity contribution < 1.29 is 9.90 Å². The summed E-state index contributed by atoms with van der Waals surface area (Å²) in [7, 11) is 0. The maximum atomic E-state index is 10.7. The fraction of sp³-hybridized carbons (Fsp3) is 0.909. The summed E-state index contributed by atoms with van der Waals surface area (Å²) in [5.41, 5.74) is 0. The van der Waals surface area contributed by atoms with Crippen LogP contribution in [0.15, 0.2) is 0 Å². The van der Waals surface area contributed by atoms with Gasteiger partial charge in [-0.15, -0.1) is 0 Å². The van der Waals surface area contributed by atoms with Gasteiger partial charge in [-0.2, -0.15) is 0 Å². The zero-order valence-electron chi connectivity index (χ0n) is 8.61. The third kappa shape index (κ3) is 2.08. The number of likely N-dealkylation sites (tertiary alicyclic amines) is 1. The van der Waals surface area contributed by atoms with Crippen molar-refractivity contribution in [2.24, 2.45) is 5.92 Å². The van der Waals surface area contributed by atoms with Crippen LogP contribution in [0.5, 0.6) is 0 Å². The van der Waals surface area contributed by atoms with Gasteiger partial charge in [-0.25, -0.2) is 0 Å². The third-order valence-electron chi connectivity index (χ3n) is 3.62. The summed E-state index contributed by atoms with van der Waals surface area (Å²) in [6.07, 6.45) is 7.07. The van der Waals surface area contributed by atoms with E-state index in [9.17, 15) is 4.79 Å². The minimum absolute atomic E-state index is 0.0525. The van der Waals surface area contributed by atoms with Gasteiger partial charge in [0.25, 0.3) is 0 Å². The van der Waals surface area contributed by atoms with E-state index in [2.05, 4.69) is 4.90 Å². The molecule has 1 saturated heterocycles. The first-order valence-electron chi connectivity index (χ1n) is 5.74. The number of hydrogen-bond donors (Lipinski definition) is 1. The number of carboxylic acids is 1. The van der Waals surface area contributed by atoms with Gasteiger partial charge < -0.3 is 10.0 Å². The molecule has 0 bridgehead atoms. The van der Waals surface area contributed by atoms with Crippen LogP contribution in [0.2, 0.25) is 0 Å². The summed E-state index contributed by atoms with van der Waals surface area (Å²) in [6, 6.07) is 0.578. The molecule has 2 aliphatic rings. The highest BCUT2D eigenvalue weighted by atomic mass is 16.4. The molecule has 0 amide bonds. The van der Waals surface area contributed by atoms with E-state index in [1.54, 1.807) is 0 Å². The lowest BCUT2D eigenvalue weighted by Crippen LogP contribution is -2.47. The molecule has 0 spiro atoms. The summed E-state index contributed by atoms with van der Waals surface area (Å²) in [5, 5.41) is 8.79. The molecule has 1 heterocycles. The molecule has 3 heteroatoms. The van der Waals surface area contributed by atoms with E-state index in [1.807, 2.05) is 0 Å². The minimum atomic E-state index is -0.601. The lowest BCUT2D eigenvalue weighted by Gasteiger charge is -2.40. The first-order valence-corrected chi connectivity index (χ1v) is 5.74. The van der Waals surface area contributed by atoms with Gasteiger partial charge in [-0.1, -0.05) is 12.8 Å². The van der Waals surface area contributed by atoms with Crippen molar-refractivity contribution in [3.63, 3.8) is 0 Å². The summed E-state index contributed by atoms with van der Waals surface area (Å²) in [5.74, 6) is -0.653. The van der Waals surface area contributed by atoms with Gasteiger partial charge in [-0.05, 0) is 38.8 Å². The summed E-state index contributed by atoms with van der Waals surface area (Å²) in [6.45, 7) is 2.38. The standard InChI is InChI=1S/C11H19NO2/c13-11(14)9-7-10(8-9)12-5-3-1-2-4-6-12/h9-10H,1-8H2,(H,13,14). The van der Waals surface area contributed by atoms with E-state index in [4.69, 9.17) is 5.11 Å². The van der Waals surface area contributed by atoms with Gasteiger partial charge in [-0.3, -0.25) is 4.79 Å². The third-order valence-corrected chi connectivity index (χ3v) is 3.62. The molecule has 14 heavy (non-hydrogen) atoms. The zero-order chi connectivity index (χ0) is 9.97. The first-order chi connectivity index (χ1) is 6.77. The molecule has 1 aliphatic heterocycles. The summed E-state index contributed by atoms with van der Waals surface area (Å²) in [4.78, 5) is 13.2. The predicted octanol–water partition coefficient (Wildman–Crippen LogP) is 1.73. The van der Waals surface area contributed by atoms with Gasteiger partial charge in [0.1, 0.15) is 0 Å². The number of aliphatic carboxylic acids is 1. The Labute approximate surface area is 85.1 Å². The van der Waals surface area contributed by atoms with Gasteiger partial charge in [0.05, 0.1) is 5.92 Å². The van der Waals surface area contributed by atoms with Crippen LogP contribution in [0, 0.1) is 5.92 Å². The van der Waals surface area contributed by atoms with Gasteiger partial charge in [0.15, 0.2) is 0 Å². The van der Waals surface area contributed by atoms with Crippen LogP contribution < -0.4 is 0 Å². The van der Waals surface area contributed by atoms with E-state index < -0.39 is 5.97 Å². The molecule has 1 saturated carbocycles. The van der Waals surface area contributed by atoms with Crippen LogP contribution in [0.4, 0.5) is 0 Å². The Morgan fingerprint density at radius 1 is 1.07 bits per heavy atom. The maximum Gasteiger partial charge on any atom is 0.306 e. The van der Waals surface area contributed by atoms with Crippen molar-refractivity contribution in [2.45, 2.75) is 44.6 Å². The second-order valence-corrected chi connectivity index (χ2v) is 4.61. The quantitative estimate of drug-likeness (QED) is 0.733. The van der Waals surface area contributed by atoms with E-state index in [1.165, 1.54) is 38.8 Å². The highest BCUT2D eigenvalue weighted by molar-refractivity contribution is 5.71. The van der Waals surface area contributed by atoms with E-state index >= 15 is 0 Å². The molecular formula is C11H19NO2. The number of nitrogens with zero attached hydrogens (tertiary/aromatic N) is 1. The van der Waals surface area contributed by atoms with Crippen molar-refractivity contribution >= 4 is 5.97 Å². The Morgan fingerprint density at radius 2 is 1.64 bits per heavy atom. The van der Waals surface area contributed by atoms with E-state index in [-0.39, 0.29) is 5.92 Å². The van der Waals surface area contributed by atoms with Crippen LogP contribution >= 0.6 is 0 Å². The Morgan fingerprint density at radius 3 is 2.14 bits per heavy atom. The number of hydrogen-bond acceptors (Lipinski definition) is 2. The first kappa shape index (κ1) is 9.97. The number of carbonyl (C=O) groups is 1. The Hall–Kier alpha value is -0.570. The lowest BCUT2D eigenvalue weighted by molar-refractivity contribution is -0.147. The maximum absolute atomic E-state index is 10.7. The second-order valence-electron chi connectivity index (χ2n) is 4.61. The average molecular weight is 197 g/mol. The van der Waals surface area contributed by atoms with Crippen LogP contribution in [0.3, 0.4) is 0 Å². The Kier molecular flexibility index (Phi) is 3.06. The lowest BCUT2D eigenvalue weighted by atomic mass is 9.79. The molecule has 1 N–H and O–H groups in total. The molecule has 2 rings (SSSR count). The highest BCUT2D eigenvalue weighted by Crippen LogP contribution is 2.33. The molecule has 3 nitrogen and oxygen atoms in total. The van der Waals surface area contributed by atoms with Gasteiger partial charge >= 0.3 is 5.97 Å². The van der Waals surface area contributed by atoms with Gasteiger partial charge in [0.2, 0.25) is 0 Å². The van der Waals surface area contributed by atoms with Crippen molar-refractivity contribution in [1.29, 1.82) is 0 Å². The smallest absolute Gasteiger partial charge is 0.306 e. The molecule has 0 aromatic rings. The molecule has 2 fully saturated rings. The van der Waals surface area contributed by atoms with Crippen molar-refractivity contribution in [3.8, 4) is 0 Å². The van der Waals surface area contributed by atoms with Crippen molar-refractivity contribution in [1.82, 2.24) is 4.90 Å². The van der Waals surface area contributed by atoms with Crippen LogP contribution in [0.25, 0.3) is 0 Å². The largest absolute Gasteiger partial charge is 0.481 e. The summed E-state index contributed by atoms with van der Waals surface area (Å²) >= 11 is 0. The molecule has 0 atom stereocenters. The molecule has 0 aromatic carbocycles. The minimum Gasteiger partial charge on any atom is -0.481 e. The van der Waals surface area contributed by atoms with E-state index in [0.717, 1.165) is 12.8 Å². The topological polar surface area (TPSA) is 40.5 Å². The molecule has 0 unspecified atom stereocenters. The van der Waals surface area contributed by atoms with Crippen LogP contribution in [-0.4, -0.2) is 35.1 Å². The normalized spacial score (nSPS) is 34.6. The van der Waals surface area contributed by atoms with Gasteiger partial charge in [0, 0.05) is 6.04 Å². The Balaban J connectivity index is 1.77. The van der Waals surface area contributed by atoms with Crippen LogP contribution in [0.1, 0.15) is 38.5 Å². The monoisotopic (exact) mass is 197 g/mol. The molecule has 80 valence electrons. The SMILES string of the molecule is O=C(O)C1CC(N2CCCCCC2)C1. The zero-order valence-corrected chi connectivity index (χ0v) is 8.61. The molecule has 0 aromatic heterocycles. The number of rotatable bonds is 2. The average Bonchev–Trinajstić information content (AvgIpc) is 2.29. The van der Waals surface area contributed by atoms with Crippen molar-refractivity contribution in [2.75, 3.05) is 13.1 Å². The fourth-order valence-corrected chi connectivity index (χ4v) is 2.55. The molecular weight excluding hydrogens is 178 g/mol. The van der Waals surface area contributed by atoms with Crippen molar-refractivity contribution in [3.05, 3.63) is 0 Å². The highest BCUT2D eigenvalue weighted by Gasteiger charge is 2.37. The molecule has 0 radical (unpaired) electrons. The van der Waals surface area contributed by atoms with E-state index in [0.29, 0.717) is 6.04 Å². The fourth-order valence-electron chi connectivity index (χ4n) is 2.55. The van der Waals surface area contributed by atoms with Crippen LogP contribution in [-0.2, 0) is 4.79 Å². The molecule has 1 aliphatic carbocycles.